The predicted octanol–water partition coefficient (Wildman–Crippen LogP) is 5.26. The van der Waals surface area contributed by atoms with Crippen LogP contribution in [0.4, 0.5) is 5.69 Å². The topological polar surface area (TPSA) is 57.8 Å². The van der Waals surface area contributed by atoms with Crippen molar-refractivity contribution in [3.05, 3.63) is 88.2 Å². The summed E-state index contributed by atoms with van der Waals surface area (Å²) < 4.78 is 2.16. The molecule has 0 radical (unpaired) electrons. The maximum Gasteiger partial charge on any atom is 0.266 e. The number of nitriles is 1. The highest BCUT2D eigenvalue weighted by atomic mass is 16.1. The van der Waals surface area contributed by atoms with Crippen LogP contribution in [0.15, 0.2) is 60.2 Å². The standard InChI is InChI=1S/C24H23N3O/c1-16-10-11-23(17(2)12-16)27-18(3)13-20(19(27)4)14-21(15-25)24(28)26-22-8-6-5-7-9-22/h5-14H,1-4H3,(H,26,28)/b21-14+. The monoisotopic (exact) mass is 369 g/mol. The van der Waals surface area contributed by atoms with Crippen molar-refractivity contribution in [2.45, 2.75) is 27.7 Å². The molecule has 0 fully saturated rings. The third-order valence-electron chi connectivity index (χ3n) is 4.76. The first-order valence-electron chi connectivity index (χ1n) is 9.15. The Balaban J connectivity index is 1.97. The molecule has 1 aromatic heterocycles. The molecule has 0 atom stereocenters. The highest BCUT2D eigenvalue weighted by Crippen LogP contribution is 2.25. The van der Waals surface area contributed by atoms with Crippen LogP contribution in [0.25, 0.3) is 11.8 Å². The fourth-order valence-corrected chi connectivity index (χ4v) is 3.38. The van der Waals surface area contributed by atoms with Gasteiger partial charge in [0.05, 0.1) is 0 Å². The van der Waals surface area contributed by atoms with Gasteiger partial charge in [-0.2, -0.15) is 5.26 Å². The smallest absolute Gasteiger partial charge is 0.266 e. The number of nitrogens with one attached hydrogen (secondary N) is 1. The molecule has 1 N–H and O–H groups in total. The van der Waals surface area contributed by atoms with E-state index >= 15 is 0 Å². The quantitative estimate of drug-likeness (QED) is 0.504. The van der Waals surface area contributed by atoms with E-state index in [2.05, 4.69) is 41.9 Å². The van der Waals surface area contributed by atoms with E-state index < -0.39 is 5.91 Å². The molecule has 3 aromatic rings. The van der Waals surface area contributed by atoms with E-state index in [0.29, 0.717) is 5.69 Å². The van der Waals surface area contributed by atoms with E-state index in [1.54, 1.807) is 18.2 Å². The maximum absolute atomic E-state index is 12.5. The Labute approximate surface area is 165 Å². The number of hydrogen-bond acceptors (Lipinski definition) is 2. The molecule has 0 aliphatic carbocycles. The zero-order valence-corrected chi connectivity index (χ0v) is 16.6. The van der Waals surface area contributed by atoms with Crippen molar-refractivity contribution in [1.82, 2.24) is 4.57 Å². The summed E-state index contributed by atoms with van der Waals surface area (Å²) in [5.41, 5.74) is 7.14. The van der Waals surface area contributed by atoms with Crippen molar-refractivity contribution in [1.29, 1.82) is 5.26 Å². The molecule has 28 heavy (non-hydrogen) atoms. The van der Waals surface area contributed by atoms with Crippen molar-refractivity contribution in [2.75, 3.05) is 5.32 Å². The van der Waals surface area contributed by atoms with Gasteiger partial charge in [-0.3, -0.25) is 4.79 Å². The van der Waals surface area contributed by atoms with Crippen molar-refractivity contribution in [3.8, 4) is 11.8 Å². The van der Waals surface area contributed by atoms with Gasteiger partial charge in [-0.1, -0.05) is 35.9 Å². The van der Waals surface area contributed by atoms with Gasteiger partial charge in [-0.05, 0) is 69.2 Å². The molecule has 0 unspecified atom stereocenters. The maximum atomic E-state index is 12.5. The molecule has 140 valence electrons. The van der Waals surface area contributed by atoms with Crippen molar-refractivity contribution < 1.29 is 4.79 Å². The Morgan fingerprint density at radius 2 is 1.75 bits per heavy atom. The molecule has 0 saturated heterocycles. The fraction of sp³-hybridized carbons (Fsp3) is 0.167. The SMILES string of the molecule is Cc1ccc(-n2c(C)cc(/C=C(\C#N)C(=O)Nc3ccccc3)c2C)c(C)c1. The number of carbonyl (C=O) groups excluding carboxylic acids is 1. The summed E-state index contributed by atoms with van der Waals surface area (Å²) in [4.78, 5) is 12.5. The van der Waals surface area contributed by atoms with E-state index in [1.807, 2.05) is 44.2 Å². The van der Waals surface area contributed by atoms with E-state index in [4.69, 9.17) is 0 Å². The molecule has 0 spiro atoms. The molecule has 2 aromatic carbocycles. The Morgan fingerprint density at radius 3 is 2.39 bits per heavy atom. The van der Waals surface area contributed by atoms with Gasteiger partial charge in [0.15, 0.2) is 0 Å². The number of carbonyl (C=O) groups is 1. The molecule has 0 aliphatic rings. The lowest BCUT2D eigenvalue weighted by atomic mass is 10.1. The Morgan fingerprint density at radius 1 is 1.04 bits per heavy atom. The number of para-hydroxylation sites is 1. The molecular weight excluding hydrogens is 346 g/mol. The zero-order valence-electron chi connectivity index (χ0n) is 16.6. The first kappa shape index (κ1) is 19.2. The molecular formula is C24H23N3O. The summed E-state index contributed by atoms with van der Waals surface area (Å²) in [5, 5.41) is 12.3. The van der Waals surface area contributed by atoms with Crippen molar-refractivity contribution in [3.63, 3.8) is 0 Å². The summed E-state index contributed by atoms with van der Waals surface area (Å²) >= 11 is 0. The second-order valence-corrected chi connectivity index (χ2v) is 6.94. The minimum absolute atomic E-state index is 0.0738. The van der Waals surface area contributed by atoms with Gasteiger partial charge in [-0.25, -0.2) is 0 Å². The van der Waals surface area contributed by atoms with E-state index in [0.717, 1.165) is 22.6 Å². The van der Waals surface area contributed by atoms with Crippen LogP contribution in [-0.4, -0.2) is 10.5 Å². The van der Waals surface area contributed by atoms with Gasteiger partial charge in [0.2, 0.25) is 0 Å². The highest BCUT2D eigenvalue weighted by Gasteiger charge is 2.15. The number of aromatic nitrogens is 1. The average molecular weight is 369 g/mol. The summed E-state index contributed by atoms with van der Waals surface area (Å²) in [5.74, 6) is -0.412. The number of anilines is 1. The zero-order chi connectivity index (χ0) is 20.3. The van der Waals surface area contributed by atoms with Crippen LogP contribution in [0.2, 0.25) is 0 Å². The number of nitrogens with zero attached hydrogens (tertiary/aromatic N) is 2. The van der Waals surface area contributed by atoms with Crippen molar-refractivity contribution >= 4 is 17.7 Å². The van der Waals surface area contributed by atoms with Crippen LogP contribution in [0, 0.1) is 39.0 Å². The molecule has 4 nitrogen and oxygen atoms in total. The van der Waals surface area contributed by atoms with Crippen LogP contribution in [0.3, 0.4) is 0 Å². The summed E-state index contributed by atoms with van der Waals surface area (Å²) in [7, 11) is 0. The first-order valence-corrected chi connectivity index (χ1v) is 9.15. The third kappa shape index (κ3) is 3.89. The molecule has 0 aliphatic heterocycles. The van der Waals surface area contributed by atoms with Crippen LogP contribution in [-0.2, 0) is 4.79 Å². The van der Waals surface area contributed by atoms with Crippen LogP contribution < -0.4 is 5.32 Å². The molecule has 0 bridgehead atoms. The Bertz CT molecular complexity index is 1100. The van der Waals surface area contributed by atoms with Crippen LogP contribution in [0.5, 0.6) is 0 Å². The fourth-order valence-electron chi connectivity index (χ4n) is 3.38. The Kier molecular flexibility index (Phi) is 5.47. The normalized spacial score (nSPS) is 11.2. The molecule has 3 rings (SSSR count). The lowest BCUT2D eigenvalue weighted by Gasteiger charge is -2.13. The molecule has 1 amide bonds. The van der Waals surface area contributed by atoms with Gasteiger partial charge in [0.25, 0.3) is 5.91 Å². The number of benzene rings is 2. The lowest BCUT2D eigenvalue weighted by Crippen LogP contribution is -2.13. The number of amides is 1. The van der Waals surface area contributed by atoms with Gasteiger partial charge in [0.1, 0.15) is 11.6 Å². The summed E-state index contributed by atoms with van der Waals surface area (Å²) in [6, 6.07) is 19.5. The summed E-state index contributed by atoms with van der Waals surface area (Å²) in [6.45, 7) is 8.19. The second-order valence-electron chi connectivity index (χ2n) is 6.94. The van der Waals surface area contributed by atoms with Crippen LogP contribution >= 0.6 is 0 Å². The minimum Gasteiger partial charge on any atom is -0.321 e. The number of rotatable bonds is 4. The third-order valence-corrected chi connectivity index (χ3v) is 4.76. The van der Waals surface area contributed by atoms with Crippen LogP contribution in [0.1, 0.15) is 28.1 Å². The lowest BCUT2D eigenvalue weighted by molar-refractivity contribution is -0.112. The Hall–Kier alpha value is -3.58. The highest BCUT2D eigenvalue weighted by molar-refractivity contribution is 6.09. The second kappa shape index (κ2) is 7.98. The molecule has 1 heterocycles. The predicted molar refractivity (Wildman–Crippen MR) is 113 cm³/mol. The largest absolute Gasteiger partial charge is 0.321 e. The van der Waals surface area contributed by atoms with Gasteiger partial charge >= 0.3 is 0 Å². The minimum atomic E-state index is -0.412. The van der Waals surface area contributed by atoms with Gasteiger partial charge in [0, 0.05) is 22.8 Å². The molecule has 4 heteroatoms. The first-order chi connectivity index (χ1) is 13.4. The number of hydrogen-bond donors (Lipinski definition) is 1. The van der Waals surface area contributed by atoms with E-state index in [1.165, 1.54) is 11.1 Å². The summed E-state index contributed by atoms with van der Waals surface area (Å²) in [6.07, 6.45) is 1.65. The van der Waals surface area contributed by atoms with Gasteiger partial charge < -0.3 is 9.88 Å². The van der Waals surface area contributed by atoms with Gasteiger partial charge in [-0.15, -0.1) is 0 Å². The molecule has 0 saturated carbocycles. The van der Waals surface area contributed by atoms with E-state index in [9.17, 15) is 10.1 Å². The van der Waals surface area contributed by atoms with E-state index in [-0.39, 0.29) is 5.57 Å². The number of aryl methyl sites for hydroxylation is 3. The average Bonchev–Trinajstić information content (AvgIpc) is 2.94. The van der Waals surface area contributed by atoms with Crippen molar-refractivity contribution in [2.24, 2.45) is 0 Å².